The third-order valence-electron chi connectivity index (χ3n) is 3.89. The van der Waals surface area contributed by atoms with Crippen LogP contribution in [-0.2, 0) is 14.8 Å². The molecule has 2 atom stereocenters. The summed E-state index contributed by atoms with van der Waals surface area (Å²) < 4.78 is 30.4. The van der Waals surface area contributed by atoms with Gasteiger partial charge in [0.15, 0.2) is 0 Å². The van der Waals surface area contributed by atoms with E-state index < -0.39 is 10.0 Å². The minimum Gasteiger partial charge on any atom is -0.372 e. The molecule has 0 amide bonds. The van der Waals surface area contributed by atoms with Crippen LogP contribution in [0.4, 0.5) is 0 Å². The summed E-state index contributed by atoms with van der Waals surface area (Å²) in [6, 6.07) is 0. The number of nitrogens with zero attached hydrogens (tertiary/aromatic N) is 2. The normalized spacial score (nSPS) is 30.8. The maximum Gasteiger partial charge on any atom is 0.211 e. The molecular formula is C12H25N3O3S. The molecule has 2 aliphatic rings. The summed E-state index contributed by atoms with van der Waals surface area (Å²) in [5, 5.41) is 3.14. The second kappa shape index (κ2) is 6.49. The van der Waals surface area contributed by atoms with E-state index >= 15 is 0 Å². The zero-order chi connectivity index (χ0) is 13.9. The quantitative estimate of drug-likeness (QED) is 0.728. The predicted molar refractivity (Wildman–Crippen MR) is 74.7 cm³/mol. The van der Waals surface area contributed by atoms with Gasteiger partial charge in [0.1, 0.15) is 0 Å². The van der Waals surface area contributed by atoms with Gasteiger partial charge in [-0.15, -0.1) is 0 Å². The number of sulfonamides is 1. The highest BCUT2D eigenvalue weighted by atomic mass is 32.2. The van der Waals surface area contributed by atoms with Crippen LogP contribution >= 0.6 is 0 Å². The van der Waals surface area contributed by atoms with Gasteiger partial charge in [-0.25, -0.2) is 8.42 Å². The summed E-state index contributed by atoms with van der Waals surface area (Å²) in [4.78, 5) is 2.31. The second-order valence-electron chi connectivity index (χ2n) is 5.48. The van der Waals surface area contributed by atoms with Crippen molar-refractivity contribution in [2.75, 3.05) is 52.6 Å². The Morgan fingerprint density at radius 2 is 1.79 bits per heavy atom. The monoisotopic (exact) mass is 291 g/mol. The predicted octanol–water partition coefficient (Wildman–Crippen LogP) is -0.669. The van der Waals surface area contributed by atoms with E-state index in [2.05, 4.69) is 10.2 Å². The summed E-state index contributed by atoms with van der Waals surface area (Å²) in [6.07, 6.45) is 4.16. The van der Waals surface area contributed by atoms with Crippen LogP contribution in [0.15, 0.2) is 0 Å². The van der Waals surface area contributed by atoms with Crippen LogP contribution in [0, 0.1) is 0 Å². The highest BCUT2D eigenvalue weighted by molar-refractivity contribution is 7.88. The number of hydrogen-bond acceptors (Lipinski definition) is 5. The van der Waals surface area contributed by atoms with Gasteiger partial charge in [0, 0.05) is 39.3 Å². The fraction of sp³-hybridized carbons (Fsp3) is 1.00. The largest absolute Gasteiger partial charge is 0.372 e. The number of nitrogens with one attached hydrogen (secondary N) is 1. The van der Waals surface area contributed by atoms with E-state index in [-0.39, 0.29) is 0 Å². The smallest absolute Gasteiger partial charge is 0.211 e. The van der Waals surface area contributed by atoms with E-state index in [9.17, 15) is 8.42 Å². The lowest BCUT2D eigenvalue weighted by atomic mass is 10.2. The molecule has 112 valence electrons. The molecular weight excluding hydrogens is 266 g/mol. The van der Waals surface area contributed by atoms with E-state index in [0.717, 1.165) is 39.0 Å². The maximum absolute atomic E-state index is 11.4. The average molecular weight is 291 g/mol. The first kappa shape index (κ1) is 15.2. The van der Waals surface area contributed by atoms with Gasteiger partial charge in [-0.05, 0) is 19.9 Å². The molecule has 2 aliphatic heterocycles. The minimum absolute atomic E-state index is 0.308. The Kier molecular flexibility index (Phi) is 5.19. The van der Waals surface area contributed by atoms with Crippen LogP contribution < -0.4 is 5.32 Å². The lowest BCUT2D eigenvalue weighted by molar-refractivity contribution is 0.0185. The molecule has 0 saturated carbocycles. The Morgan fingerprint density at radius 3 is 2.37 bits per heavy atom. The fourth-order valence-corrected chi connectivity index (χ4v) is 3.65. The van der Waals surface area contributed by atoms with Crippen LogP contribution in [0.2, 0.25) is 0 Å². The number of hydrogen-bond donors (Lipinski definition) is 1. The number of likely N-dealkylation sites (N-methyl/N-ethyl adjacent to an activating group) is 1. The van der Waals surface area contributed by atoms with Crippen molar-refractivity contribution in [2.45, 2.75) is 25.0 Å². The lowest BCUT2D eigenvalue weighted by Gasteiger charge is -2.34. The molecule has 1 N–H and O–H groups in total. The molecule has 0 aromatic rings. The van der Waals surface area contributed by atoms with Crippen molar-refractivity contribution in [1.29, 1.82) is 0 Å². The third-order valence-corrected chi connectivity index (χ3v) is 5.19. The third kappa shape index (κ3) is 4.39. The molecule has 6 nitrogen and oxygen atoms in total. The van der Waals surface area contributed by atoms with Gasteiger partial charge < -0.3 is 10.1 Å². The Balaban J connectivity index is 1.72. The topological polar surface area (TPSA) is 61.9 Å². The second-order valence-corrected chi connectivity index (χ2v) is 7.46. The average Bonchev–Trinajstić information content (AvgIpc) is 2.77. The highest BCUT2D eigenvalue weighted by Crippen LogP contribution is 2.20. The van der Waals surface area contributed by atoms with Crippen molar-refractivity contribution in [3.05, 3.63) is 0 Å². The molecule has 19 heavy (non-hydrogen) atoms. The van der Waals surface area contributed by atoms with Crippen molar-refractivity contribution in [1.82, 2.24) is 14.5 Å². The molecule has 7 heteroatoms. The molecule has 2 fully saturated rings. The number of ether oxygens (including phenoxy) is 1. The molecule has 2 saturated heterocycles. The number of piperazine rings is 1. The Labute approximate surface area is 116 Å². The molecule has 0 aromatic carbocycles. The first-order valence-corrected chi connectivity index (χ1v) is 8.81. The van der Waals surface area contributed by atoms with E-state index in [1.165, 1.54) is 6.26 Å². The van der Waals surface area contributed by atoms with E-state index in [4.69, 9.17) is 4.74 Å². The molecule has 2 unspecified atom stereocenters. The zero-order valence-electron chi connectivity index (χ0n) is 11.8. The van der Waals surface area contributed by atoms with Crippen LogP contribution in [0.5, 0.6) is 0 Å². The molecule has 0 radical (unpaired) electrons. The molecule has 2 heterocycles. The maximum atomic E-state index is 11.4. The number of rotatable bonds is 5. The first-order valence-electron chi connectivity index (χ1n) is 6.96. The molecule has 0 aliphatic carbocycles. The van der Waals surface area contributed by atoms with Crippen LogP contribution in [0.1, 0.15) is 12.8 Å². The lowest BCUT2D eigenvalue weighted by Crippen LogP contribution is -2.50. The first-order chi connectivity index (χ1) is 8.99. The van der Waals surface area contributed by atoms with Crippen molar-refractivity contribution < 1.29 is 13.2 Å². The van der Waals surface area contributed by atoms with E-state index in [0.29, 0.717) is 25.3 Å². The van der Waals surface area contributed by atoms with Crippen LogP contribution in [0.3, 0.4) is 0 Å². The zero-order valence-corrected chi connectivity index (χ0v) is 12.7. The summed E-state index contributed by atoms with van der Waals surface area (Å²) >= 11 is 0. The summed E-state index contributed by atoms with van der Waals surface area (Å²) in [5.41, 5.74) is 0. The van der Waals surface area contributed by atoms with Crippen molar-refractivity contribution in [3.8, 4) is 0 Å². The molecule has 2 rings (SSSR count). The standard InChI is InChI=1S/C12H25N3O3S/c1-13-9-11-3-4-12(18-11)10-14-5-7-15(8-6-14)19(2,16)17/h11-13H,3-10H2,1-2H3. The van der Waals surface area contributed by atoms with E-state index in [1.807, 2.05) is 7.05 Å². The van der Waals surface area contributed by atoms with Crippen LogP contribution in [-0.4, -0.2) is 82.4 Å². The molecule has 0 spiro atoms. The van der Waals surface area contributed by atoms with Gasteiger partial charge in [-0.1, -0.05) is 0 Å². The highest BCUT2D eigenvalue weighted by Gasteiger charge is 2.29. The van der Waals surface area contributed by atoms with Gasteiger partial charge >= 0.3 is 0 Å². The SMILES string of the molecule is CNCC1CCC(CN2CCN(S(C)(=O)=O)CC2)O1. The Hall–Kier alpha value is -0.210. The van der Waals surface area contributed by atoms with E-state index in [1.54, 1.807) is 4.31 Å². The minimum atomic E-state index is -3.03. The van der Waals surface area contributed by atoms with Gasteiger partial charge in [-0.3, -0.25) is 4.90 Å². The van der Waals surface area contributed by atoms with Crippen molar-refractivity contribution in [2.24, 2.45) is 0 Å². The van der Waals surface area contributed by atoms with Gasteiger partial charge in [0.05, 0.1) is 18.5 Å². The van der Waals surface area contributed by atoms with Crippen LogP contribution in [0.25, 0.3) is 0 Å². The summed E-state index contributed by atoms with van der Waals surface area (Å²) in [6.45, 7) is 4.67. The van der Waals surface area contributed by atoms with Crippen molar-refractivity contribution >= 4 is 10.0 Å². The summed E-state index contributed by atoms with van der Waals surface area (Å²) in [5.74, 6) is 0. The fourth-order valence-electron chi connectivity index (χ4n) is 2.82. The van der Waals surface area contributed by atoms with Crippen molar-refractivity contribution in [3.63, 3.8) is 0 Å². The Bertz CT molecular complexity index is 380. The molecule has 0 aromatic heterocycles. The van der Waals surface area contributed by atoms with Gasteiger partial charge in [0.2, 0.25) is 10.0 Å². The van der Waals surface area contributed by atoms with Gasteiger partial charge in [-0.2, -0.15) is 4.31 Å². The molecule has 0 bridgehead atoms. The Morgan fingerprint density at radius 1 is 1.16 bits per heavy atom. The van der Waals surface area contributed by atoms with Gasteiger partial charge in [0.25, 0.3) is 0 Å². The summed E-state index contributed by atoms with van der Waals surface area (Å²) in [7, 11) is -1.08.